The maximum atomic E-state index is 12.0. The van der Waals surface area contributed by atoms with Crippen LogP contribution in [0.4, 0.5) is 4.79 Å². The van der Waals surface area contributed by atoms with E-state index in [2.05, 4.69) is 39.6 Å². The number of likely N-dealkylation sites (N-methyl/N-ethyl adjacent to an activating group) is 1. The van der Waals surface area contributed by atoms with Crippen molar-refractivity contribution in [1.29, 1.82) is 0 Å². The molecule has 1 rings (SSSR count). The third-order valence-corrected chi connectivity index (χ3v) is 4.76. The van der Waals surface area contributed by atoms with Gasteiger partial charge in [0.2, 0.25) is 0 Å². The van der Waals surface area contributed by atoms with Crippen LogP contribution in [0.25, 0.3) is 0 Å². The topological polar surface area (TPSA) is 41.6 Å². The van der Waals surface area contributed by atoms with E-state index in [1.165, 1.54) is 4.88 Å². The molecular weight excluding hydrogens is 352 g/mol. The molecule has 4 nitrogen and oxygen atoms in total. The second kappa shape index (κ2) is 8.15. The van der Waals surface area contributed by atoms with Crippen molar-refractivity contribution in [2.45, 2.75) is 46.3 Å². The Labute approximate surface area is 140 Å². The van der Waals surface area contributed by atoms with Crippen LogP contribution in [0.1, 0.15) is 45.5 Å². The molecule has 1 unspecified atom stereocenters. The normalized spacial score (nSPS) is 13.0. The van der Waals surface area contributed by atoms with Crippen molar-refractivity contribution < 1.29 is 9.53 Å². The first-order valence-corrected chi connectivity index (χ1v) is 8.85. The van der Waals surface area contributed by atoms with Gasteiger partial charge in [0.05, 0.1) is 0 Å². The highest BCUT2D eigenvalue weighted by molar-refractivity contribution is 9.10. The molecule has 0 saturated heterocycles. The zero-order valence-electron chi connectivity index (χ0n) is 13.4. The number of carbonyl (C=O) groups is 1. The fraction of sp³-hybridized carbons (Fsp3) is 0.667. The van der Waals surface area contributed by atoms with Crippen molar-refractivity contribution >= 4 is 33.4 Å². The van der Waals surface area contributed by atoms with E-state index in [4.69, 9.17) is 4.74 Å². The lowest BCUT2D eigenvalue weighted by atomic mass is 10.2. The maximum absolute atomic E-state index is 12.0. The van der Waals surface area contributed by atoms with Gasteiger partial charge in [-0.05, 0) is 56.6 Å². The first-order valence-electron chi connectivity index (χ1n) is 7.18. The second-order valence-electron chi connectivity index (χ2n) is 5.90. The van der Waals surface area contributed by atoms with E-state index in [1.54, 1.807) is 16.2 Å². The summed E-state index contributed by atoms with van der Waals surface area (Å²) >= 11 is 5.18. The van der Waals surface area contributed by atoms with Crippen LogP contribution in [0.5, 0.6) is 0 Å². The van der Waals surface area contributed by atoms with Crippen LogP contribution >= 0.6 is 27.3 Å². The van der Waals surface area contributed by atoms with Gasteiger partial charge in [-0.15, -0.1) is 11.3 Å². The Morgan fingerprint density at radius 2 is 2.19 bits per heavy atom. The second-order valence-corrected chi connectivity index (χ2v) is 7.76. The van der Waals surface area contributed by atoms with Crippen LogP contribution in [0.3, 0.4) is 0 Å². The molecule has 1 amide bonds. The lowest BCUT2D eigenvalue weighted by Gasteiger charge is -2.27. The van der Waals surface area contributed by atoms with Crippen molar-refractivity contribution in [2.24, 2.45) is 0 Å². The van der Waals surface area contributed by atoms with E-state index in [0.29, 0.717) is 13.1 Å². The number of thiophene rings is 1. The molecule has 1 aromatic heterocycles. The number of nitrogens with one attached hydrogen (secondary N) is 1. The minimum atomic E-state index is -0.450. The molecule has 1 aromatic rings. The van der Waals surface area contributed by atoms with Gasteiger partial charge in [0.15, 0.2) is 0 Å². The molecule has 1 heterocycles. The van der Waals surface area contributed by atoms with Gasteiger partial charge < -0.3 is 15.0 Å². The lowest BCUT2D eigenvalue weighted by molar-refractivity contribution is 0.0261. The zero-order chi connectivity index (χ0) is 16.0. The third kappa shape index (κ3) is 6.80. The summed E-state index contributed by atoms with van der Waals surface area (Å²) in [6.45, 7) is 11.8. The number of ether oxygens (including phenoxy) is 1. The number of halogens is 1. The molecular formula is C15H25BrN2O2S. The smallest absolute Gasteiger partial charge is 0.410 e. The standard InChI is InChI=1S/C15H25BrN2O2S/c1-6-18(14(19)20-15(3,4)5)8-7-17-11(2)13-9-12(16)10-21-13/h9-11,17H,6-8H2,1-5H3. The first-order chi connectivity index (χ1) is 9.73. The Morgan fingerprint density at radius 3 is 2.67 bits per heavy atom. The number of nitrogens with zero attached hydrogens (tertiary/aromatic N) is 1. The minimum Gasteiger partial charge on any atom is -0.444 e. The Morgan fingerprint density at radius 1 is 1.52 bits per heavy atom. The Hall–Kier alpha value is -0.590. The Kier molecular flexibility index (Phi) is 7.16. The summed E-state index contributed by atoms with van der Waals surface area (Å²) in [6, 6.07) is 2.40. The Bertz CT molecular complexity index is 457. The fourth-order valence-electron chi connectivity index (χ4n) is 1.78. The predicted octanol–water partition coefficient (Wildman–Crippen LogP) is 4.42. The lowest BCUT2D eigenvalue weighted by Crippen LogP contribution is -2.40. The Balaban J connectivity index is 2.40. The van der Waals surface area contributed by atoms with Crippen molar-refractivity contribution in [2.75, 3.05) is 19.6 Å². The summed E-state index contributed by atoms with van der Waals surface area (Å²) in [4.78, 5) is 15.0. The summed E-state index contributed by atoms with van der Waals surface area (Å²) in [5.74, 6) is 0. The number of amides is 1. The van der Waals surface area contributed by atoms with Crippen molar-refractivity contribution in [3.8, 4) is 0 Å². The fourth-order valence-corrected chi connectivity index (χ4v) is 3.25. The van der Waals surface area contributed by atoms with Crippen LogP contribution in [-0.4, -0.2) is 36.2 Å². The molecule has 0 radical (unpaired) electrons. The van der Waals surface area contributed by atoms with Gasteiger partial charge in [0.25, 0.3) is 0 Å². The van der Waals surface area contributed by atoms with E-state index in [9.17, 15) is 4.79 Å². The van der Waals surface area contributed by atoms with Gasteiger partial charge in [0.1, 0.15) is 5.60 Å². The molecule has 0 aromatic carbocycles. The number of hydrogen-bond donors (Lipinski definition) is 1. The highest BCUT2D eigenvalue weighted by atomic mass is 79.9. The first kappa shape index (κ1) is 18.5. The average molecular weight is 377 g/mol. The summed E-state index contributed by atoms with van der Waals surface area (Å²) in [5.41, 5.74) is -0.450. The summed E-state index contributed by atoms with van der Waals surface area (Å²) in [6.07, 6.45) is -0.252. The molecule has 0 aliphatic rings. The molecule has 120 valence electrons. The van der Waals surface area contributed by atoms with E-state index >= 15 is 0 Å². The monoisotopic (exact) mass is 376 g/mol. The van der Waals surface area contributed by atoms with Crippen molar-refractivity contribution in [3.05, 3.63) is 20.8 Å². The van der Waals surface area contributed by atoms with Gasteiger partial charge in [-0.2, -0.15) is 0 Å². The van der Waals surface area contributed by atoms with E-state index < -0.39 is 5.60 Å². The molecule has 0 aliphatic heterocycles. The third-order valence-electron chi connectivity index (χ3n) is 2.88. The number of rotatable bonds is 6. The van der Waals surface area contributed by atoms with Crippen LogP contribution in [-0.2, 0) is 4.74 Å². The van der Waals surface area contributed by atoms with Gasteiger partial charge in [0, 0.05) is 40.4 Å². The van der Waals surface area contributed by atoms with Crippen molar-refractivity contribution in [1.82, 2.24) is 10.2 Å². The number of carbonyl (C=O) groups excluding carboxylic acids is 1. The SMILES string of the molecule is CCN(CCNC(C)c1cc(Br)cs1)C(=O)OC(C)(C)C. The molecule has 6 heteroatoms. The molecule has 0 aliphatic carbocycles. The molecule has 21 heavy (non-hydrogen) atoms. The molecule has 1 atom stereocenters. The van der Waals surface area contributed by atoms with Crippen LogP contribution in [0.15, 0.2) is 15.9 Å². The van der Waals surface area contributed by atoms with Gasteiger partial charge in [-0.1, -0.05) is 0 Å². The quantitative estimate of drug-likeness (QED) is 0.798. The average Bonchev–Trinajstić information content (AvgIpc) is 2.79. The van der Waals surface area contributed by atoms with Crippen LogP contribution < -0.4 is 5.32 Å². The van der Waals surface area contributed by atoms with E-state index in [0.717, 1.165) is 11.0 Å². The summed E-state index contributed by atoms with van der Waals surface area (Å²) in [7, 11) is 0. The molecule has 1 N–H and O–H groups in total. The molecule has 0 bridgehead atoms. The van der Waals surface area contributed by atoms with E-state index in [-0.39, 0.29) is 12.1 Å². The van der Waals surface area contributed by atoms with Gasteiger partial charge >= 0.3 is 6.09 Å². The minimum absolute atomic E-state index is 0.252. The van der Waals surface area contributed by atoms with Gasteiger partial charge in [-0.3, -0.25) is 0 Å². The zero-order valence-corrected chi connectivity index (χ0v) is 15.8. The van der Waals surface area contributed by atoms with Crippen molar-refractivity contribution in [3.63, 3.8) is 0 Å². The summed E-state index contributed by atoms with van der Waals surface area (Å²) < 4.78 is 6.50. The van der Waals surface area contributed by atoms with Gasteiger partial charge in [-0.25, -0.2) is 4.79 Å². The maximum Gasteiger partial charge on any atom is 0.410 e. The van der Waals surface area contributed by atoms with Crippen LogP contribution in [0, 0.1) is 0 Å². The van der Waals surface area contributed by atoms with Crippen LogP contribution in [0.2, 0.25) is 0 Å². The van der Waals surface area contributed by atoms with E-state index in [1.807, 2.05) is 27.7 Å². The summed E-state index contributed by atoms with van der Waals surface area (Å²) in [5, 5.41) is 5.51. The molecule has 0 fully saturated rings. The number of hydrogen-bond acceptors (Lipinski definition) is 4. The molecule has 0 spiro atoms. The molecule has 0 saturated carbocycles. The highest BCUT2D eigenvalue weighted by Gasteiger charge is 2.20. The highest BCUT2D eigenvalue weighted by Crippen LogP contribution is 2.25. The largest absolute Gasteiger partial charge is 0.444 e. The predicted molar refractivity (Wildman–Crippen MR) is 91.9 cm³/mol.